The molecule has 0 aliphatic rings. The summed E-state index contributed by atoms with van der Waals surface area (Å²) in [5.74, 6) is -1.77. The van der Waals surface area contributed by atoms with Crippen molar-refractivity contribution in [1.29, 1.82) is 0 Å². The average Bonchev–Trinajstić information content (AvgIpc) is 2.77. The van der Waals surface area contributed by atoms with Crippen LogP contribution in [0.25, 0.3) is 0 Å². The van der Waals surface area contributed by atoms with Gasteiger partial charge in [-0.1, -0.05) is 13.0 Å². The number of aliphatic imine (C=N–C) groups is 1. The third-order valence-corrected chi connectivity index (χ3v) is 4.92. The molecule has 1 amide bonds. The van der Waals surface area contributed by atoms with Crippen LogP contribution in [0.5, 0.6) is 0 Å². The van der Waals surface area contributed by atoms with Crippen LogP contribution in [-0.2, 0) is 10.9 Å². The minimum atomic E-state index is -4.72. The van der Waals surface area contributed by atoms with Gasteiger partial charge in [-0.15, -0.1) is 0 Å². The van der Waals surface area contributed by atoms with Crippen molar-refractivity contribution < 1.29 is 32.6 Å². The number of aromatic nitrogens is 1. The second kappa shape index (κ2) is 10.4. The van der Waals surface area contributed by atoms with Crippen molar-refractivity contribution in [3.05, 3.63) is 52.8 Å². The Kier molecular flexibility index (Phi) is 8.15. The first-order valence-corrected chi connectivity index (χ1v) is 9.97. The van der Waals surface area contributed by atoms with Gasteiger partial charge in [0.1, 0.15) is 11.4 Å². The highest BCUT2D eigenvalue weighted by atomic mass is 19.4. The molecule has 1 unspecified atom stereocenters. The molecule has 11 heteroatoms. The second-order valence-corrected chi connectivity index (χ2v) is 7.51. The zero-order valence-corrected chi connectivity index (χ0v) is 18.4. The smallest absolute Gasteiger partial charge is 0.433 e. The molecular formula is C22H25F3N4O4. The Morgan fingerprint density at radius 3 is 2.61 bits per heavy atom. The predicted octanol–water partition coefficient (Wildman–Crippen LogP) is 3.69. The van der Waals surface area contributed by atoms with Crippen molar-refractivity contribution in [1.82, 2.24) is 4.98 Å². The number of hydrogen-bond acceptors (Lipinski definition) is 7. The van der Waals surface area contributed by atoms with Gasteiger partial charge in [-0.05, 0) is 44.0 Å². The lowest BCUT2D eigenvalue weighted by Gasteiger charge is -2.19. The number of aliphatic hydroxyl groups is 1. The maximum Gasteiger partial charge on any atom is 0.433 e. The SMILES string of the molecule is CCC(C)(O)CCN=Cc1cc(NC(=O)c2cccc(C(F)(F)F)n2)c(C(=O)OC)cc1N. The summed E-state index contributed by atoms with van der Waals surface area (Å²) >= 11 is 0. The van der Waals surface area contributed by atoms with Crippen LogP contribution in [0.2, 0.25) is 0 Å². The molecule has 2 rings (SSSR count). The zero-order valence-electron chi connectivity index (χ0n) is 18.4. The summed E-state index contributed by atoms with van der Waals surface area (Å²) in [5.41, 5.74) is 3.79. The van der Waals surface area contributed by atoms with Crippen LogP contribution in [0.1, 0.15) is 58.8 Å². The minimum absolute atomic E-state index is 0.0396. The zero-order chi connectivity index (χ0) is 24.8. The highest BCUT2D eigenvalue weighted by molar-refractivity contribution is 6.08. The first-order chi connectivity index (χ1) is 15.4. The third kappa shape index (κ3) is 7.01. The van der Waals surface area contributed by atoms with Crippen molar-refractivity contribution >= 4 is 29.5 Å². The summed E-state index contributed by atoms with van der Waals surface area (Å²) in [6.45, 7) is 3.84. The first kappa shape index (κ1) is 25.8. The summed E-state index contributed by atoms with van der Waals surface area (Å²) in [6, 6.07) is 5.53. The number of esters is 1. The Morgan fingerprint density at radius 1 is 1.30 bits per heavy atom. The molecule has 1 atom stereocenters. The predicted molar refractivity (Wildman–Crippen MR) is 117 cm³/mol. The molecule has 0 radical (unpaired) electrons. The van der Waals surface area contributed by atoms with E-state index in [9.17, 15) is 27.9 Å². The van der Waals surface area contributed by atoms with Crippen molar-refractivity contribution in [2.24, 2.45) is 4.99 Å². The number of nitrogens with zero attached hydrogens (tertiary/aromatic N) is 2. The monoisotopic (exact) mass is 466 g/mol. The lowest BCUT2D eigenvalue weighted by Crippen LogP contribution is -2.23. The van der Waals surface area contributed by atoms with Crippen LogP contribution in [0.15, 0.2) is 35.3 Å². The number of halogens is 3. The van der Waals surface area contributed by atoms with Gasteiger partial charge in [0.05, 0.1) is 24.0 Å². The van der Waals surface area contributed by atoms with Gasteiger partial charge in [0.2, 0.25) is 0 Å². The number of benzene rings is 1. The van der Waals surface area contributed by atoms with Gasteiger partial charge in [-0.3, -0.25) is 9.79 Å². The number of nitrogens with one attached hydrogen (secondary N) is 1. The molecule has 0 saturated heterocycles. The topological polar surface area (TPSA) is 127 Å². The molecule has 178 valence electrons. The Bertz CT molecular complexity index is 1050. The van der Waals surface area contributed by atoms with E-state index in [4.69, 9.17) is 10.5 Å². The molecule has 0 aliphatic heterocycles. The molecule has 0 spiro atoms. The molecule has 8 nitrogen and oxygen atoms in total. The Labute approximate surface area is 188 Å². The molecule has 4 N–H and O–H groups in total. The lowest BCUT2D eigenvalue weighted by molar-refractivity contribution is -0.141. The van der Waals surface area contributed by atoms with E-state index in [1.54, 1.807) is 6.92 Å². The Morgan fingerprint density at radius 2 is 2.00 bits per heavy atom. The highest BCUT2D eigenvalue weighted by Gasteiger charge is 2.33. The molecule has 2 aromatic rings. The van der Waals surface area contributed by atoms with Gasteiger partial charge in [0, 0.05) is 24.0 Å². The van der Waals surface area contributed by atoms with Gasteiger partial charge >= 0.3 is 12.1 Å². The van der Waals surface area contributed by atoms with Gasteiger partial charge < -0.3 is 20.9 Å². The highest BCUT2D eigenvalue weighted by Crippen LogP contribution is 2.28. The quantitative estimate of drug-likeness (QED) is 0.309. The molecule has 33 heavy (non-hydrogen) atoms. The summed E-state index contributed by atoms with van der Waals surface area (Å²) < 4.78 is 43.4. The van der Waals surface area contributed by atoms with Gasteiger partial charge in [-0.25, -0.2) is 9.78 Å². The number of amides is 1. The first-order valence-electron chi connectivity index (χ1n) is 9.97. The number of pyridine rings is 1. The number of methoxy groups -OCH3 is 1. The van der Waals surface area contributed by atoms with Crippen LogP contribution >= 0.6 is 0 Å². The van der Waals surface area contributed by atoms with Crippen LogP contribution in [0.4, 0.5) is 24.5 Å². The number of ether oxygens (including phenoxy) is 1. The molecule has 0 bridgehead atoms. The number of rotatable bonds is 8. The van der Waals surface area contributed by atoms with E-state index < -0.39 is 35.0 Å². The van der Waals surface area contributed by atoms with Crippen molar-refractivity contribution in [2.45, 2.75) is 38.5 Å². The molecule has 1 aromatic heterocycles. The van der Waals surface area contributed by atoms with Crippen molar-refractivity contribution in [3.8, 4) is 0 Å². The number of nitrogen functional groups attached to an aromatic ring is 1. The molecule has 0 aliphatic carbocycles. The second-order valence-electron chi connectivity index (χ2n) is 7.51. The number of hydrogen-bond donors (Lipinski definition) is 3. The third-order valence-electron chi connectivity index (χ3n) is 4.92. The van der Waals surface area contributed by atoms with E-state index in [-0.39, 0.29) is 16.9 Å². The summed E-state index contributed by atoms with van der Waals surface area (Å²) in [4.78, 5) is 32.3. The molecular weight excluding hydrogens is 441 g/mol. The van der Waals surface area contributed by atoms with Crippen LogP contribution in [0.3, 0.4) is 0 Å². The number of nitrogens with two attached hydrogens (primary N) is 1. The van der Waals surface area contributed by atoms with E-state index in [0.29, 0.717) is 24.9 Å². The fourth-order valence-electron chi connectivity index (χ4n) is 2.68. The summed E-state index contributed by atoms with van der Waals surface area (Å²) in [7, 11) is 1.13. The van der Waals surface area contributed by atoms with Gasteiger partial charge in [0.15, 0.2) is 0 Å². The van der Waals surface area contributed by atoms with E-state index in [0.717, 1.165) is 25.3 Å². The van der Waals surface area contributed by atoms with E-state index >= 15 is 0 Å². The number of anilines is 2. The standard InChI is InChI=1S/C22H25F3N4O4/c1-4-21(2,32)8-9-27-12-13-10-17(14(11-15(13)26)20(31)33-3)29-19(30)16-6-5-7-18(28-16)22(23,24)25/h5-7,10-12,32H,4,8-9,26H2,1-3H3,(H,29,30). The Balaban J connectivity index is 2.35. The maximum absolute atomic E-state index is 12.9. The summed E-state index contributed by atoms with van der Waals surface area (Å²) in [6.07, 6.45) is -2.34. The Hall–Kier alpha value is -3.47. The van der Waals surface area contributed by atoms with E-state index in [1.165, 1.54) is 18.3 Å². The fourth-order valence-corrected chi connectivity index (χ4v) is 2.68. The molecule has 0 fully saturated rings. The minimum Gasteiger partial charge on any atom is -0.465 e. The number of alkyl halides is 3. The lowest BCUT2D eigenvalue weighted by atomic mass is 10.00. The number of carbonyl (C=O) groups excluding carboxylic acids is 2. The van der Waals surface area contributed by atoms with E-state index in [1.807, 2.05) is 6.92 Å². The van der Waals surface area contributed by atoms with Crippen molar-refractivity contribution in [2.75, 3.05) is 24.7 Å². The maximum atomic E-state index is 12.9. The molecule has 0 saturated carbocycles. The van der Waals surface area contributed by atoms with Crippen LogP contribution in [-0.4, -0.2) is 47.4 Å². The average molecular weight is 466 g/mol. The van der Waals surface area contributed by atoms with E-state index in [2.05, 4.69) is 15.3 Å². The van der Waals surface area contributed by atoms with Crippen LogP contribution in [0, 0.1) is 0 Å². The number of carbonyl (C=O) groups is 2. The normalized spacial score (nSPS) is 13.5. The van der Waals surface area contributed by atoms with Gasteiger partial charge in [-0.2, -0.15) is 13.2 Å². The molecule has 1 heterocycles. The largest absolute Gasteiger partial charge is 0.465 e. The van der Waals surface area contributed by atoms with Gasteiger partial charge in [0.25, 0.3) is 5.91 Å². The molecule has 1 aromatic carbocycles. The summed E-state index contributed by atoms with van der Waals surface area (Å²) in [5, 5.41) is 12.4. The fraction of sp³-hybridized carbons (Fsp3) is 0.364. The van der Waals surface area contributed by atoms with Crippen molar-refractivity contribution in [3.63, 3.8) is 0 Å². The van der Waals surface area contributed by atoms with Crippen LogP contribution < -0.4 is 11.1 Å².